The first kappa shape index (κ1) is 65.9. The highest BCUT2D eigenvalue weighted by atomic mass is 16.5. The number of carboxylic acid groups (broad SMARTS) is 1. The molecule has 0 saturated heterocycles. The summed E-state index contributed by atoms with van der Waals surface area (Å²) in [5.74, 6) is -7.54. The molecule has 4 aromatic carbocycles. The number of guanidine groups is 1. The maximum Gasteiger partial charge on any atom is 0.341 e. The Bertz CT molecular complexity index is 2980. The molecule has 0 aliphatic rings. The Labute approximate surface area is 477 Å². The molecule has 29 nitrogen and oxygen atoms in total. The molecule has 4 aromatic rings. The molecule has 4 rings (SSSR count). The van der Waals surface area contributed by atoms with Crippen LogP contribution in [0.2, 0.25) is 0 Å². The molecule has 0 spiro atoms. The Hall–Kier alpha value is -9.58. The van der Waals surface area contributed by atoms with Crippen LogP contribution < -0.4 is 95.9 Å². The number of anilines is 4. The number of hydrogen-bond donors (Lipinski definition) is 16. The Morgan fingerprint density at radius 3 is 1.17 bits per heavy atom. The van der Waals surface area contributed by atoms with Crippen LogP contribution >= 0.6 is 0 Å². The van der Waals surface area contributed by atoms with Crippen molar-refractivity contribution in [3.8, 4) is 23.0 Å². The second kappa shape index (κ2) is 33.2. The largest absolute Gasteiger partial charge is 0.496 e. The topological polar surface area (TPSA) is 487 Å². The van der Waals surface area contributed by atoms with Crippen LogP contribution in [-0.2, 0) is 24.0 Å². The molecule has 0 saturated carbocycles. The fraction of sp³-hybridized carbons (Fsp3) is 0.370. The van der Waals surface area contributed by atoms with Crippen LogP contribution in [0.4, 0.5) is 22.7 Å². The zero-order valence-electron chi connectivity index (χ0n) is 46.1. The number of nitrogens with one attached hydrogen (secondary N) is 9. The normalized spacial score (nSPS) is 12.1. The minimum absolute atomic E-state index is 0.00422. The summed E-state index contributed by atoms with van der Waals surface area (Å²) in [6.45, 7) is -0.119. The number of amides is 8. The lowest BCUT2D eigenvalue weighted by molar-refractivity contribution is -0.139. The van der Waals surface area contributed by atoms with Crippen LogP contribution in [-0.4, -0.2) is 143 Å². The number of carbonyl (C=O) groups excluding carboxylic acids is 8. The predicted octanol–water partition coefficient (Wildman–Crippen LogP) is 0.232. The van der Waals surface area contributed by atoms with Crippen molar-refractivity contribution in [2.45, 2.75) is 75.5 Å². The Balaban J connectivity index is 1.55. The first-order valence-corrected chi connectivity index (χ1v) is 26.1. The molecule has 0 radical (unpaired) electrons. The van der Waals surface area contributed by atoms with Gasteiger partial charge in [-0.05, 0) is 144 Å². The zero-order valence-corrected chi connectivity index (χ0v) is 46.1. The SMILES string of the molecule is COc1ccc(NC(=O)[C@@H](CCCN)NC(=O)c2cc(NC(=O)[C@@H](CCCN)NC(=O)c3cc(NC(=O)[C@@H](CCCN)NC(=O)c4cc(NC(=O)[C@H](N)CCCNC(=N)N)ccc4OC)ccc3OC)ccc2OCC(=O)O)cc1C(N)=O. The molecule has 29 heteroatoms. The van der Waals surface area contributed by atoms with Crippen molar-refractivity contribution in [1.82, 2.24) is 21.3 Å². The van der Waals surface area contributed by atoms with Gasteiger partial charge in [-0.1, -0.05) is 0 Å². The summed E-state index contributed by atoms with van der Waals surface area (Å²) in [6, 6.07) is 11.7. The van der Waals surface area contributed by atoms with Gasteiger partial charge in [0.2, 0.25) is 23.6 Å². The maximum atomic E-state index is 14.2. The summed E-state index contributed by atoms with van der Waals surface area (Å²) in [5.41, 5.74) is 34.2. The average molecular weight is 1160 g/mol. The lowest BCUT2D eigenvalue weighted by atomic mass is 10.1. The van der Waals surface area contributed by atoms with Crippen LogP contribution in [0.3, 0.4) is 0 Å². The third-order valence-corrected chi connectivity index (χ3v) is 12.3. The lowest BCUT2D eigenvalue weighted by Gasteiger charge is -2.22. The molecule has 0 unspecified atom stereocenters. The van der Waals surface area contributed by atoms with E-state index in [9.17, 15) is 48.3 Å². The summed E-state index contributed by atoms with van der Waals surface area (Å²) >= 11 is 0. The summed E-state index contributed by atoms with van der Waals surface area (Å²) in [6.07, 6.45) is 1.63. The maximum absolute atomic E-state index is 14.2. The molecule has 0 fully saturated rings. The van der Waals surface area contributed by atoms with Gasteiger partial charge in [-0.3, -0.25) is 43.8 Å². The molecule has 4 atom stereocenters. The van der Waals surface area contributed by atoms with Crippen LogP contribution in [0.25, 0.3) is 0 Å². The van der Waals surface area contributed by atoms with E-state index in [0.29, 0.717) is 19.4 Å². The van der Waals surface area contributed by atoms with Crippen LogP contribution in [0, 0.1) is 5.41 Å². The smallest absolute Gasteiger partial charge is 0.341 e. The molecule has 0 aliphatic heterocycles. The van der Waals surface area contributed by atoms with Gasteiger partial charge in [0.15, 0.2) is 12.6 Å². The molecule has 83 heavy (non-hydrogen) atoms. The van der Waals surface area contributed by atoms with Gasteiger partial charge in [-0.2, -0.15) is 0 Å². The van der Waals surface area contributed by atoms with Crippen molar-refractivity contribution in [1.29, 1.82) is 5.41 Å². The minimum Gasteiger partial charge on any atom is -0.496 e. The summed E-state index contributed by atoms with van der Waals surface area (Å²) < 4.78 is 21.5. The van der Waals surface area contributed by atoms with Crippen molar-refractivity contribution >= 4 is 81.9 Å². The number of carboxylic acids is 1. The first-order chi connectivity index (χ1) is 39.7. The standard InChI is InChI=1S/C54H73N15O14/c1-80-41-16-12-29(24-33(41)46(59)72)64-51(77)40(11-6-22-57)69-49(75)36-27-32(15-19-44(36)83-28-45(70)71)66-53(79)39(10-5-21-56)68-48(74)35-26-31(14-18-43(35)82-3)65-52(78)38(9-4-20-55)67-47(73)34-25-30(13-17-42(34)81-2)63-50(76)37(58)8-7-23-62-54(60)61/h12-19,24-27,37-40H,4-11,20-23,28,55-58H2,1-3H3,(H2,59,72)(H,63,76)(H,64,77)(H,65,78)(H,66,79)(H,67,73)(H,68,74)(H,69,75)(H,70,71)(H4,60,61,62)/t37-,38-,39-,40-/m1/s1. The second-order valence-electron chi connectivity index (χ2n) is 18.4. The predicted molar refractivity (Wildman–Crippen MR) is 307 cm³/mol. The minimum atomic E-state index is -1.37. The monoisotopic (exact) mass is 1160 g/mol. The van der Waals surface area contributed by atoms with Crippen LogP contribution in [0.1, 0.15) is 92.8 Å². The molecule has 0 bridgehead atoms. The van der Waals surface area contributed by atoms with E-state index in [0.717, 1.165) is 0 Å². The number of nitrogens with two attached hydrogens (primary N) is 6. The van der Waals surface area contributed by atoms with E-state index in [1.807, 2.05) is 0 Å². The van der Waals surface area contributed by atoms with Crippen molar-refractivity contribution in [3.05, 3.63) is 95.1 Å². The Morgan fingerprint density at radius 2 is 0.831 bits per heavy atom. The van der Waals surface area contributed by atoms with Gasteiger partial charge in [-0.15, -0.1) is 0 Å². The van der Waals surface area contributed by atoms with Crippen LogP contribution in [0.5, 0.6) is 23.0 Å². The molecular formula is C54H73N15O14. The van der Waals surface area contributed by atoms with E-state index in [2.05, 4.69) is 42.5 Å². The fourth-order valence-corrected chi connectivity index (χ4v) is 8.03. The van der Waals surface area contributed by atoms with Crippen molar-refractivity contribution in [3.63, 3.8) is 0 Å². The molecule has 0 aromatic heterocycles. The second-order valence-corrected chi connectivity index (χ2v) is 18.4. The molecule has 0 heterocycles. The highest BCUT2D eigenvalue weighted by Gasteiger charge is 2.29. The van der Waals surface area contributed by atoms with E-state index in [-0.39, 0.29) is 132 Å². The molecular weight excluding hydrogens is 1080 g/mol. The van der Waals surface area contributed by atoms with Gasteiger partial charge < -0.3 is 101 Å². The summed E-state index contributed by atoms with van der Waals surface area (Å²) in [4.78, 5) is 120. The number of methoxy groups -OCH3 is 3. The molecule has 22 N–H and O–H groups in total. The highest BCUT2D eigenvalue weighted by Crippen LogP contribution is 2.28. The average Bonchev–Trinajstić information content (AvgIpc) is 3.67. The Kier molecular flexibility index (Phi) is 26.4. The summed E-state index contributed by atoms with van der Waals surface area (Å²) in [5, 5.41) is 37.9. The number of rotatable bonds is 34. The van der Waals surface area contributed by atoms with Crippen LogP contribution in [0.15, 0.2) is 72.8 Å². The van der Waals surface area contributed by atoms with E-state index in [1.54, 1.807) is 0 Å². The highest BCUT2D eigenvalue weighted by molar-refractivity contribution is 6.07. The van der Waals surface area contributed by atoms with Gasteiger partial charge in [0, 0.05) is 29.3 Å². The van der Waals surface area contributed by atoms with E-state index < -0.39 is 84.0 Å². The molecule has 0 aliphatic carbocycles. The molecule has 8 amide bonds. The van der Waals surface area contributed by atoms with E-state index >= 15 is 0 Å². The number of carbonyl (C=O) groups is 9. The van der Waals surface area contributed by atoms with Gasteiger partial charge in [0.25, 0.3) is 23.6 Å². The number of aliphatic carboxylic acids is 1. The third-order valence-electron chi connectivity index (χ3n) is 12.3. The summed E-state index contributed by atoms with van der Waals surface area (Å²) in [7, 11) is 3.97. The molecule has 448 valence electrons. The van der Waals surface area contributed by atoms with Crippen molar-refractivity contribution in [2.24, 2.45) is 34.4 Å². The number of hydrogen-bond acceptors (Lipinski definition) is 18. The number of primary amides is 1. The Morgan fingerprint density at radius 1 is 0.494 bits per heavy atom. The zero-order chi connectivity index (χ0) is 61.2. The van der Waals surface area contributed by atoms with E-state index in [4.69, 9.17) is 58.8 Å². The van der Waals surface area contributed by atoms with Gasteiger partial charge in [-0.25, -0.2) is 4.79 Å². The lowest BCUT2D eigenvalue weighted by Crippen LogP contribution is -2.45. The van der Waals surface area contributed by atoms with E-state index in [1.165, 1.54) is 94.1 Å². The third kappa shape index (κ3) is 20.5. The van der Waals surface area contributed by atoms with Gasteiger partial charge in [0.1, 0.15) is 41.1 Å². The van der Waals surface area contributed by atoms with Crippen molar-refractivity contribution in [2.75, 3.05) is 75.4 Å². The van der Waals surface area contributed by atoms with Gasteiger partial charge >= 0.3 is 5.97 Å². The number of ether oxygens (including phenoxy) is 4. The number of benzene rings is 4. The van der Waals surface area contributed by atoms with Crippen molar-refractivity contribution < 1.29 is 67.2 Å². The van der Waals surface area contributed by atoms with Gasteiger partial charge in [0.05, 0.1) is 49.6 Å². The quantitative estimate of drug-likeness (QED) is 0.0169. The fourth-order valence-electron chi connectivity index (χ4n) is 8.03. The first-order valence-electron chi connectivity index (χ1n) is 26.1.